The minimum Gasteiger partial charge on any atom is -0.376 e. The maximum Gasteiger partial charge on any atom is 0.325 e. The van der Waals surface area contributed by atoms with E-state index < -0.39 is 11.6 Å². The van der Waals surface area contributed by atoms with Crippen molar-refractivity contribution < 1.29 is 19.1 Å². The van der Waals surface area contributed by atoms with Gasteiger partial charge in [-0.1, -0.05) is 30.3 Å². The molecule has 2 aromatic rings. The number of hydrogen-bond acceptors (Lipinski definition) is 5. The van der Waals surface area contributed by atoms with Crippen LogP contribution in [-0.4, -0.2) is 65.0 Å². The lowest BCUT2D eigenvalue weighted by Gasteiger charge is -2.40. The smallest absolute Gasteiger partial charge is 0.325 e. The van der Waals surface area contributed by atoms with Crippen LogP contribution in [0.15, 0.2) is 48.7 Å². The van der Waals surface area contributed by atoms with Gasteiger partial charge in [-0.25, -0.2) is 4.79 Å². The Balaban J connectivity index is 1.34. The van der Waals surface area contributed by atoms with Crippen molar-refractivity contribution in [1.82, 2.24) is 20.1 Å². The third kappa shape index (κ3) is 4.43. The van der Waals surface area contributed by atoms with Crippen molar-refractivity contribution in [1.29, 1.82) is 0 Å². The van der Waals surface area contributed by atoms with Gasteiger partial charge in [-0.05, 0) is 55.9 Å². The third-order valence-electron chi connectivity index (χ3n) is 7.67. The van der Waals surface area contributed by atoms with Crippen molar-refractivity contribution in [2.75, 3.05) is 26.2 Å². The monoisotopic (exact) mass is 476 g/mol. The van der Waals surface area contributed by atoms with Crippen LogP contribution < -0.4 is 5.32 Å². The molecule has 3 saturated heterocycles. The molecule has 0 radical (unpaired) electrons. The van der Waals surface area contributed by atoms with Crippen LogP contribution in [0.25, 0.3) is 0 Å². The van der Waals surface area contributed by atoms with Gasteiger partial charge in [-0.15, -0.1) is 0 Å². The van der Waals surface area contributed by atoms with Gasteiger partial charge in [-0.2, -0.15) is 0 Å². The molecule has 1 N–H and O–H groups in total. The number of carbonyl (C=O) groups excluding carboxylic acids is 3. The minimum absolute atomic E-state index is 0.0893. The summed E-state index contributed by atoms with van der Waals surface area (Å²) in [5.74, 6) is -0.335. The number of nitrogens with zero attached hydrogens (tertiary/aromatic N) is 3. The zero-order valence-electron chi connectivity index (χ0n) is 20.1. The lowest BCUT2D eigenvalue weighted by atomic mass is 9.75. The van der Waals surface area contributed by atoms with Crippen LogP contribution in [0.4, 0.5) is 4.79 Å². The molecule has 2 atom stereocenters. The number of rotatable bonds is 6. The first-order chi connectivity index (χ1) is 17.0. The summed E-state index contributed by atoms with van der Waals surface area (Å²) in [6, 6.07) is 13.0. The number of hydrogen-bond donors (Lipinski definition) is 1. The van der Waals surface area contributed by atoms with E-state index in [4.69, 9.17) is 4.74 Å². The second kappa shape index (κ2) is 9.77. The first kappa shape index (κ1) is 23.5. The van der Waals surface area contributed by atoms with Gasteiger partial charge in [0.25, 0.3) is 5.91 Å². The van der Waals surface area contributed by atoms with Crippen LogP contribution in [0.5, 0.6) is 0 Å². The van der Waals surface area contributed by atoms with E-state index >= 15 is 0 Å². The summed E-state index contributed by atoms with van der Waals surface area (Å²) in [7, 11) is 0. The molecule has 3 fully saturated rings. The second-order valence-corrected chi connectivity index (χ2v) is 9.76. The van der Waals surface area contributed by atoms with E-state index in [9.17, 15) is 14.4 Å². The first-order valence-electron chi connectivity index (χ1n) is 12.5. The summed E-state index contributed by atoms with van der Waals surface area (Å²) < 4.78 is 5.69. The second-order valence-electron chi connectivity index (χ2n) is 9.76. The number of aromatic nitrogens is 1. The Morgan fingerprint density at radius 1 is 1.11 bits per heavy atom. The van der Waals surface area contributed by atoms with Gasteiger partial charge in [0.05, 0.1) is 24.8 Å². The summed E-state index contributed by atoms with van der Waals surface area (Å²) in [5, 5.41) is 3.03. The van der Waals surface area contributed by atoms with Gasteiger partial charge in [0.1, 0.15) is 0 Å². The molecule has 8 nitrogen and oxygen atoms in total. The average Bonchev–Trinajstić information content (AvgIpc) is 3.49. The fourth-order valence-electron chi connectivity index (χ4n) is 5.65. The third-order valence-corrected chi connectivity index (χ3v) is 7.67. The van der Waals surface area contributed by atoms with Gasteiger partial charge < -0.3 is 15.0 Å². The van der Waals surface area contributed by atoms with Crippen molar-refractivity contribution in [2.24, 2.45) is 5.92 Å². The number of ether oxygens (including phenoxy) is 1. The lowest BCUT2D eigenvalue weighted by Crippen LogP contribution is -2.55. The number of likely N-dealkylation sites (tertiary alicyclic amines) is 1. The van der Waals surface area contributed by atoms with Crippen molar-refractivity contribution >= 4 is 17.8 Å². The zero-order valence-corrected chi connectivity index (χ0v) is 20.1. The molecule has 0 bridgehead atoms. The Morgan fingerprint density at radius 2 is 1.89 bits per heavy atom. The molecule has 0 saturated carbocycles. The van der Waals surface area contributed by atoms with E-state index in [1.165, 1.54) is 4.90 Å². The van der Waals surface area contributed by atoms with Gasteiger partial charge in [-0.3, -0.25) is 19.5 Å². The van der Waals surface area contributed by atoms with E-state index in [1.54, 1.807) is 12.3 Å². The highest BCUT2D eigenvalue weighted by atomic mass is 16.5. The SMILES string of the molecule is Cc1ccccc1CC(=O)N1CCC([C@@]2(c3ccccn3)NC(=O)N(C[C@@H]3CCCO3)C2=O)CC1. The highest BCUT2D eigenvalue weighted by Crippen LogP contribution is 2.41. The van der Waals surface area contributed by atoms with Crippen LogP contribution >= 0.6 is 0 Å². The van der Waals surface area contributed by atoms with E-state index in [1.807, 2.05) is 48.2 Å². The largest absolute Gasteiger partial charge is 0.376 e. The van der Waals surface area contributed by atoms with Crippen molar-refractivity contribution in [3.05, 3.63) is 65.5 Å². The Hall–Kier alpha value is -3.26. The van der Waals surface area contributed by atoms with Crippen molar-refractivity contribution in [3.8, 4) is 0 Å². The number of pyridine rings is 1. The lowest BCUT2D eigenvalue weighted by molar-refractivity contribution is -0.137. The molecule has 0 aliphatic carbocycles. The fraction of sp³-hybridized carbons (Fsp3) is 0.481. The number of carbonyl (C=O) groups is 3. The van der Waals surface area contributed by atoms with E-state index in [0.29, 0.717) is 44.7 Å². The number of aryl methyl sites for hydroxylation is 1. The maximum atomic E-state index is 13.9. The quantitative estimate of drug-likeness (QED) is 0.648. The Labute approximate surface area is 205 Å². The molecule has 184 valence electrons. The first-order valence-corrected chi connectivity index (χ1v) is 12.5. The van der Waals surface area contributed by atoms with Crippen molar-refractivity contribution in [2.45, 2.75) is 50.7 Å². The van der Waals surface area contributed by atoms with E-state index in [-0.39, 0.29) is 30.4 Å². The standard InChI is InChI=1S/C27H32N4O4/c1-19-7-2-3-8-20(19)17-24(32)30-14-11-21(12-15-30)27(23-10-4-5-13-28-23)25(33)31(26(34)29-27)18-22-9-6-16-35-22/h2-5,7-8,10,13,21-22H,6,9,11-12,14-18H2,1H3,(H,29,34)/t22-,27-/m0/s1. The molecule has 5 rings (SSSR count). The minimum atomic E-state index is -1.22. The molecule has 8 heteroatoms. The number of benzene rings is 1. The normalized spacial score (nSPS) is 25.2. The number of nitrogens with one attached hydrogen (secondary N) is 1. The fourth-order valence-corrected chi connectivity index (χ4v) is 5.65. The van der Waals surface area contributed by atoms with Gasteiger partial charge >= 0.3 is 6.03 Å². The molecule has 3 aliphatic rings. The molecule has 4 heterocycles. The Morgan fingerprint density at radius 3 is 2.57 bits per heavy atom. The van der Waals surface area contributed by atoms with Gasteiger partial charge in [0.15, 0.2) is 5.54 Å². The zero-order chi connectivity index (χ0) is 24.4. The summed E-state index contributed by atoms with van der Waals surface area (Å²) in [6.07, 6.45) is 4.90. The number of piperidine rings is 1. The summed E-state index contributed by atoms with van der Waals surface area (Å²) in [5.41, 5.74) is 1.48. The highest BCUT2D eigenvalue weighted by Gasteiger charge is 2.58. The summed E-state index contributed by atoms with van der Waals surface area (Å²) in [4.78, 5) is 47.6. The Bertz CT molecular complexity index is 1090. The van der Waals surface area contributed by atoms with Crippen LogP contribution in [0, 0.1) is 12.8 Å². The van der Waals surface area contributed by atoms with Crippen LogP contribution in [0.3, 0.4) is 0 Å². The van der Waals surface area contributed by atoms with Crippen molar-refractivity contribution in [3.63, 3.8) is 0 Å². The predicted molar refractivity (Wildman–Crippen MR) is 129 cm³/mol. The topological polar surface area (TPSA) is 91.8 Å². The molecule has 0 spiro atoms. The van der Waals surface area contributed by atoms with Crippen LogP contribution in [0.1, 0.15) is 42.5 Å². The van der Waals surface area contributed by atoms with E-state index in [2.05, 4.69) is 10.3 Å². The number of imide groups is 1. The molecular weight excluding hydrogens is 444 g/mol. The highest BCUT2D eigenvalue weighted by molar-refractivity contribution is 6.07. The number of amides is 4. The summed E-state index contributed by atoms with van der Waals surface area (Å²) in [6.45, 7) is 4.02. The molecule has 1 aromatic heterocycles. The molecule has 3 aliphatic heterocycles. The molecular formula is C27H32N4O4. The van der Waals surface area contributed by atoms with Gasteiger partial charge in [0.2, 0.25) is 5.91 Å². The molecule has 1 aromatic carbocycles. The molecule has 0 unspecified atom stereocenters. The average molecular weight is 477 g/mol. The van der Waals surface area contributed by atoms with Gasteiger partial charge in [0, 0.05) is 31.8 Å². The van der Waals surface area contributed by atoms with E-state index in [0.717, 1.165) is 24.0 Å². The molecule has 35 heavy (non-hydrogen) atoms. The van der Waals surface area contributed by atoms with Crippen LogP contribution in [-0.2, 0) is 26.3 Å². The summed E-state index contributed by atoms with van der Waals surface area (Å²) >= 11 is 0. The predicted octanol–water partition coefficient (Wildman–Crippen LogP) is 2.80. The number of urea groups is 1. The van der Waals surface area contributed by atoms with Crippen LogP contribution in [0.2, 0.25) is 0 Å². The Kier molecular flexibility index (Phi) is 6.56. The molecule has 4 amide bonds. The maximum absolute atomic E-state index is 13.9.